The number of hydrogen-bond acceptors (Lipinski definition) is 2. The highest BCUT2D eigenvalue weighted by atomic mass is 79.9. The standard InChI is InChI=1S/C14H15BrN2O/c1-2-11(14(16)17)18-12-8-7-9-5-3-4-6-10(9)13(12)15/h3-8,11H,2H2,1H3,(H3,16,17). The largest absolute Gasteiger partial charge is 0.481 e. The molecule has 0 aliphatic rings. The highest BCUT2D eigenvalue weighted by Crippen LogP contribution is 2.33. The molecule has 3 N–H and O–H groups in total. The third-order valence-corrected chi connectivity index (χ3v) is 3.63. The van der Waals surface area contributed by atoms with Crippen molar-refractivity contribution in [1.82, 2.24) is 0 Å². The molecule has 0 amide bonds. The van der Waals surface area contributed by atoms with E-state index in [1.165, 1.54) is 0 Å². The minimum Gasteiger partial charge on any atom is -0.481 e. The Bertz CT molecular complexity index is 583. The van der Waals surface area contributed by atoms with Crippen molar-refractivity contribution in [3.05, 3.63) is 40.9 Å². The van der Waals surface area contributed by atoms with E-state index >= 15 is 0 Å². The molecule has 94 valence electrons. The van der Waals surface area contributed by atoms with Crippen molar-refractivity contribution in [2.75, 3.05) is 0 Å². The lowest BCUT2D eigenvalue weighted by atomic mass is 10.1. The fourth-order valence-corrected chi connectivity index (χ4v) is 2.41. The van der Waals surface area contributed by atoms with Gasteiger partial charge in [0.2, 0.25) is 0 Å². The Morgan fingerprint density at radius 2 is 2.06 bits per heavy atom. The maximum Gasteiger partial charge on any atom is 0.155 e. The van der Waals surface area contributed by atoms with Gasteiger partial charge >= 0.3 is 0 Å². The van der Waals surface area contributed by atoms with Crippen LogP contribution in [0.25, 0.3) is 10.8 Å². The molecule has 0 aliphatic heterocycles. The first kappa shape index (κ1) is 12.9. The van der Waals surface area contributed by atoms with Gasteiger partial charge in [-0.15, -0.1) is 0 Å². The first-order valence-corrected chi connectivity index (χ1v) is 6.60. The van der Waals surface area contributed by atoms with Gasteiger partial charge in [0.15, 0.2) is 6.10 Å². The molecule has 0 fully saturated rings. The second kappa shape index (κ2) is 5.40. The second-order valence-corrected chi connectivity index (χ2v) is 4.86. The van der Waals surface area contributed by atoms with Crippen LogP contribution in [0.3, 0.4) is 0 Å². The topological polar surface area (TPSA) is 59.1 Å². The molecule has 0 saturated heterocycles. The summed E-state index contributed by atoms with van der Waals surface area (Å²) in [7, 11) is 0. The number of fused-ring (bicyclic) bond motifs is 1. The van der Waals surface area contributed by atoms with E-state index in [1.807, 2.05) is 43.3 Å². The predicted molar refractivity (Wildman–Crippen MR) is 78.3 cm³/mol. The third-order valence-electron chi connectivity index (χ3n) is 2.81. The summed E-state index contributed by atoms with van der Waals surface area (Å²) in [5.41, 5.74) is 5.50. The zero-order chi connectivity index (χ0) is 13.1. The molecule has 2 aromatic carbocycles. The molecule has 0 radical (unpaired) electrons. The highest BCUT2D eigenvalue weighted by Gasteiger charge is 2.14. The molecule has 0 aromatic heterocycles. The molecule has 1 atom stereocenters. The molecule has 2 rings (SSSR count). The maximum atomic E-state index is 7.47. The van der Waals surface area contributed by atoms with Crippen molar-refractivity contribution >= 4 is 32.5 Å². The van der Waals surface area contributed by atoms with Crippen LogP contribution in [-0.2, 0) is 0 Å². The lowest BCUT2D eigenvalue weighted by molar-refractivity contribution is 0.259. The first-order valence-electron chi connectivity index (χ1n) is 5.81. The molecule has 0 bridgehead atoms. The Labute approximate surface area is 115 Å². The number of ether oxygens (including phenoxy) is 1. The number of nitrogens with two attached hydrogens (primary N) is 1. The molecule has 0 heterocycles. The Kier molecular flexibility index (Phi) is 3.87. The monoisotopic (exact) mass is 306 g/mol. The van der Waals surface area contributed by atoms with Crippen LogP contribution in [0.5, 0.6) is 5.75 Å². The van der Waals surface area contributed by atoms with Crippen molar-refractivity contribution in [2.45, 2.75) is 19.4 Å². The molecule has 0 saturated carbocycles. The first-order chi connectivity index (χ1) is 8.63. The Hall–Kier alpha value is -1.55. The van der Waals surface area contributed by atoms with Gasteiger partial charge in [-0.3, -0.25) is 5.41 Å². The summed E-state index contributed by atoms with van der Waals surface area (Å²) in [6, 6.07) is 12.0. The number of amidine groups is 1. The molecular formula is C14H15BrN2O. The quantitative estimate of drug-likeness (QED) is 0.668. The number of hydrogen-bond donors (Lipinski definition) is 2. The summed E-state index contributed by atoms with van der Waals surface area (Å²) in [5.74, 6) is 0.772. The Morgan fingerprint density at radius 3 is 2.72 bits per heavy atom. The van der Waals surface area contributed by atoms with Crippen molar-refractivity contribution in [3.8, 4) is 5.75 Å². The van der Waals surface area contributed by atoms with Crippen molar-refractivity contribution in [2.24, 2.45) is 5.73 Å². The van der Waals surface area contributed by atoms with Gasteiger partial charge in [-0.25, -0.2) is 0 Å². The Balaban J connectivity index is 2.40. The summed E-state index contributed by atoms with van der Waals surface area (Å²) in [5, 5.41) is 9.71. The van der Waals surface area contributed by atoms with Crippen LogP contribution in [0.2, 0.25) is 0 Å². The smallest absolute Gasteiger partial charge is 0.155 e. The van der Waals surface area contributed by atoms with Crippen LogP contribution in [0.1, 0.15) is 13.3 Å². The molecule has 1 unspecified atom stereocenters. The summed E-state index contributed by atoms with van der Waals surface area (Å²) in [6.07, 6.45) is 0.302. The minimum atomic E-state index is -0.373. The van der Waals surface area contributed by atoms with Gasteiger partial charge in [-0.1, -0.05) is 37.3 Å². The summed E-state index contributed by atoms with van der Waals surface area (Å²) in [4.78, 5) is 0. The molecule has 0 aliphatic carbocycles. The van der Waals surface area contributed by atoms with Gasteiger partial charge in [0.1, 0.15) is 11.6 Å². The van der Waals surface area contributed by atoms with Gasteiger partial charge < -0.3 is 10.5 Å². The summed E-state index contributed by atoms with van der Waals surface area (Å²) in [6.45, 7) is 1.95. The number of benzene rings is 2. The van der Waals surface area contributed by atoms with Crippen LogP contribution >= 0.6 is 15.9 Å². The number of nitrogens with one attached hydrogen (secondary N) is 1. The molecule has 3 nitrogen and oxygen atoms in total. The van der Waals surface area contributed by atoms with Crippen molar-refractivity contribution in [3.63, 3.8) is 0 Å². The second-order valence-electron chi connectivity index (χ2n) is 4.07. The van der Waals surface area contributed by atoms with E-state index in [2.05, 4.69) is 15.9 Å². The number of rotatable bonds is 4. The lowest BCUT2D eigenvalue weighted by Crippen LogP contribution is -2.32. The van der Waals surface area contributed by atoms with E-state index in [0.717, 1.165) is 21.0 Å². The van der Waals surface area contributed by atoms with E-state index < -0.39 is 0 Å². The molecular weight excluding hydrogens is 292 g/mol. The molecule has 18 heavy (non-hydrogen) atoms. The zero-order valence-electron chi connectivity index (χ0n) is 10.1. The van der Waals surface area contributed by atoms with Crippen molar-refractivity contribution in [1.29, 1.82) is 5.41 Å². The fraction of sp³-hybridized carbons (Fsp3) is 0.214. The average Bonchev–Trinajstić information content (AvgIpc) is 2.38. The zero-order valence-corrected chi connectivity index (χ0v) is 11.7. The van der Waals surface area contributed by atoms with Gasteiger partial charge in [-0.2, -0.15) is 0 Å². The van der Waals surface area contributed by atoms with E-state index in [-0.39, 0.29) is 11.9 Å². The van der Waals surface area contributed by atoms with E-state index in [1.54, 1.807) is 0 Å². The number of halogens is 1. The van der Waals surface area contributed by atoms with Gasteiger partial charge in [0, 0.05) is 0 Å². The normalized spacial score (nSPS) is 12.3. The maximum absolute atomic E-state index is 7.47. The van der Waals surface area contributed by atoms with Crippen LogP contribution in [0.15, 0.2) is 40.9 Å². The van der Waals surface area contributed by atoms with Crippen LogP contribution < -0.4 is 10.5 Å². The third kappa shape index (κ3) is 2.48. The summed E-state index contributed by atoms with van der Waals surface area (Å²) >= 11 is 3.55. The fourth-order valence-electron chi connectivity index (χ4n) is 1.82. The van der Waals surface area contributed by atoms with Crippen LogP contribution in [0.4, 0.5) is 0 Å². The SMILES string of the molecule is CCC(Oc1ccc2ccccc2c1Br)C(=N)N. The average molecular weight is 307 g/mol. The predicted octanol–water partition coefficient (Wildman–Crippen LogP) is 3.70. The van der Waals surface area contributed by atoms with Crippen LogP contribution in [-0.4, -0.2) is 11.9 Å². The van der Waals surface area contributed by atoms with Crippen molar-refractivity contribution < 1.29 is 4.74 Å². The lowest BCUT2D eigenvalue weighted by Gasteiger charge is -2.17. The van der Waals surface area contributed by atoms with E-state index in [4.69, 9.17) is 15.9 Å². The van der Waals surface area contributed by atoms with Gasteiger partial charge in [0.05, 0.1) is 4.47 Å². The summed E-state index contributed by atoms with van der Waals surface area (Å²) < 4.78 is 6.67. The van der Waals surface area contributed by atoms with Crippen LogP contribution in [0, 0.1) is 5.41 Å². The molecule has 2 aromatic rings. The van der Waals surface area contributed by atoms with E-state index in [9.17, 15) is 0 Å². The van der Waals surface area contributed by atoms with E-state index in [0.29, 0.717) is 6.42 Å². The van der Waals surface area contributed by atoms with Gasteiger partial charge in [0.25, 0.3) is 0 Å². The molecule has 0 spiro atoms. The Morgan fingerprint density at radius 1 is 1.33 bits per heavy atom. The molecule has 4 heteroatoms. The highest BCUT2D eigenvalue weighted by molar-refractivity contribution is 9.10. The minimum absolute atomic E-state index is 0.0533. The van der Waals surface area contributed by atoms with Gasteiger partial charge in [-0.05, 0) is 39.2 Å².